The molecule has 0 radical (unpaired) electrons. The van der Waals surface area contributed by atoms with Crippen LogP contribution in [0.4, 0.5) is 0 Å². The molecule has 1 aromatic carbocycles. The molecule has 132 valence electrons. The summed E-state index contributed by atoms with van der Waals surface area (Å²) >= 11 is 7.07. The lowest BCUT2D eigenvalue weighted by Crippen LogP contribution is -2.69. The van der Waals surface area contributed by atoms with E-state index in [9.17, 15) is 10.2 Å². The van der Waals surface area contributed by atoms with Crippen LogP contribution in [0.5, 0.6) is 17.2 Å². The maximum atomic E-state index is 10.4. The van der Waals surface area contributed by atoms with Gasteiger partial charge in [-0.2, -0.15) is 0 Å². The summed E-state index contributed by atoms with van der Waals surface area (Å²) in [6.07, 6.45) is 1.35. The second kappa shape index (κ2) is 5.51. The van der Waals surface area contributed by atoms with Gasteiger partial charge in [0.05, 0.1) is 0 Å². The van der Waals surface area contributed by atoms with Crippen LogP contribution in [0.1, 0.15) is 43.0 Å². The number of ether oxygens (including phenoxy) is 1. The molecule has 4 rings (SSSR count). The topological polar surface area (TPSA) is 73.8 Å². The van der Waals surface area contributed by atoms with E-state index in [4.69, 9.17) is 17.0 Å². The van der Waals surface area contributed by atoms with Crippen LogP contribution in [0.3, 0.4) is 0 Å². The molecule has 2 aliphatic heterocycles. The predicted molar refractivity (Wildman–Crippen MR) is 101 cm³/mol. The second-order valence-electron chi connectivity index (χ2n) is 7.36. The molecule has 0 unspecified atom stereocenters. The van der Waals surface area contributed by atoms with E-state index in [2.05, 4.69) is 30.5 Å². The zero-order valence-corrected chi connectivity index (χ0v) is 15.6. The minimum Gasteiger partial charge on any atom is -0.504 e. The summed E-state index contributed by atoms with van der Waals surface area (Å²) in [6, 6.07) is 7.45. The summed E-state index contributed by atoms with van der Waals surface area (Å²) in [7, 11) is 0. The maximum Gasteiger partial charge on any atom is 0.200 e. The third-order valence-electron chi connectivity index (χ3n) is 4.75. The van der Waals surface area contributed by atoms with Crippen molar-refractivity contribution in [3.05, 3.63) is 40.1 Å². The van der Waals surface area contributed by atoms with Gasteiger partial charge in [0.15, 0.2) is 22.3 Å². The fourth-order valence-electron chi connectivity index (χ4n) is 3.91. The largest absolute Gasteiger partial charge is 0.504 e. The lowest BCUT2D eigenvalue weighted by atomic mass is 9.79. The van der Waals surface area contributed by atoms with E-state index in [-0.39, 0.29) is 23.0 Å². The highest BCUT2D eigenvalue weighted by molar-refractivity contribution is 7.80. The number of phenolic OH excluding ortho intramolecular Hbond substituents is 2. The summed E-state index contributed by atoms with van der Waals surface area (Å²) in [4.78, 5) is 1.19. The summed E-state index contributed by atoms with van der Waals surface area (Å²) in [5, 5.41) is 29.5. The number of benzene rings is 1. The number of thiophene rings is 1. The number of fused-ring (bicyclic) bond motifs is 1. The van der Waals surface area contributed by atoms with E-state index in [1.165, 1.54) is 10.9 Å². The van der Waals surface area contributed by atoms with Gasteiger partial charge in [-0.25, -0.2) is 0 Å². The van der Waals surface area contributed by atoms with E-state index in [1.54, 1.807) is 11.3 Å². The van der Waals surface area contributed by atoms with Crippen molar-refractivity contribution >= 4 is 28.7 Å². The molecule has 25 heavy (non-hydrogen) atoms. The first-order valence-corrected chi connectivity index (χ1v) is 9.45. The van der Waals surface area contributed by atoms with Crippen LogP contribution in [0.2, 0.25) is 0 Å². The van der Waals surface area contributed by atoms with Gasteiger partial charge in [-0.1, -0.05) is 12.1 Å². The Hall–Kier alpha value is -1.99. The average Bonchev–Trinajstić information content (AvgIpc) is 3.02. The first-order chi connectivity index (χ1) is 11.8. The lowest BCUT2D eigenvalue weighted by molar-refractivity contribution is -0.0147. The van der Waals surface area contributed by atoms with Gasteiger partial charge in [0, 0.05) is 34.7 Å². The Labute approximate surface area is 155 Å². The Morgan fingerprint density at radius 1 is 1.24 bits per heavy atom. The van der Waals surface area contributed by atoms with Crippen molar-refractivity contribution in [2.24, 2.45) is 0 Å². The Balaban J connectivity index is 1.85. The Morgan fingerprint density at radius 2 is 2.04 bits per heavy atom. The summed E-state index contributed by atoms with van der Waals surface area (Å²) in [5.74, 6) is -0.0178. The van der Waals surface area contributed by atoms with Crippen LogP contribution in [0, 0.1) is 0 Å². The molecule has 0 amide bonds. The third kappa shape index (κ3) is 2.81. The van der Waals surface area contributed by atoms with Crippen molar-refractivity contribution in [3.63, 3.8) is 0 Å². The SMILES string of the molecule is CC1(C)C[C@]2(C[C@@H](c3cccs3)c3ccc(O)c(O)c3O2)NC(=S)N1. The highest BCUT2D eigenvalue weighted by Crippen LogP contribution is 2.52. The van der Waals surface area contributed by atoms with Gasteiger partial charge in [0.25, 0.3) is 0 Å². The monoisotopic (exact) mass is 376 g/mol. The third-order valence-corrected chi connectivity index (χ3v) is 5.94. The van der Waals surface area contributed by atoms with Crippen molar-refractivity contribution < 1.29 is 14.9 Å². The zero-order chi connectivity index (χ0) is 17.8. The number of hydrogen-bond acceptors (Lipinski definition) is 5. The van der Waals surface area contributed by atoms with E-state index in [0.717, 1.165) is 5.56 Å². The highest BCUT2D eigenvalue weighted by atomic mass is 32.1. The van der Waals surface area contributed by atoms with Crippen LogP contribution >= 0.6 is 23.6 Å². The number of rotatable bonds is 1. The van der Waals surface area contributed by atoms with Crippen LogP contribution in [0.25, 0.3) is 0 Å². The van der Waals surface area contributed by atoms with E-state index >= 15 is 0 Å². The number of hydrogen-bond donors (Lipinski definition) is 4. The molecule has 4 N–H and O–H groups in total. The Kier molecular flexibility index (Phi) is 3.63. The standard InChI is InChI=1S/C18H20N2O3S2/c1-17(2)9-18(20-16(24)19-17)8-11(13-4-3-7-25-13)10-5-6-12(21)14(22)15(10)23-18/h3-7,11,21-22H,8-9H2,1-2H3,(H2,19,20,24)/t11-,18-/m1/s1. The predicted octanol–water partition coefficient (Wildman–Crippen LogP) is 3.42. The van der Waals surface area contributed by atoms with Gasteiger partial charge in [0.1, 0.15) is 0 Å². The fraction of sp³-hybridized carbons (Fsp3) is 0.389. The molecule has 1 aromatic heterocycles. The summed E-state index contributed by atoms with van der Waals surface area (Å²) < 4.78 is 6.26. The average molecular weight is 377 g/mol. The second-order valence-corrected chi connectivity index (χ2v) is 8.75. The fourth-order valence-corrected chi connectivity index (χ4v) is 5.22. The number of thiocarbonyl (C=S) groups is 1. The molecule has 5 nitrogen and oxygen atoms in total. The minimum atomic E-state index is -0.737. The van der Waals surface area contributed by atoms with E-state index in [1.807, 2.05) is 17.5 Å². The molecule has 2 atom stereocenters. The number of phenols is 2. The van der Waals surface area contributed by atoms with Crippen molar-refractivity contribution in [3.8, 4) is 17.2 Å². The molecule has 7 heteroatoms. The molecule has 2 aromatic rings. The molecular weight excluding hydrogens is 356 g/mol. The van der Waals surface area contributed by atoms with Gasteiger partial charge in [-0.3, -0.25) is 0 Å². The van der Waals surface area contributed by atoms with Crippen LogP contribution in [-0.4, -0.2) is 26.6 Å². The first-order valence-electron chi connectivity index (χ1n) is 8.16. The lowest BCUT2D eigenvalue weighted by Gasteiger charge is -2.50. The number of aromatic hydroxyl groups is 2. The molecule has 3 heterocycles. The number of nitrogens with one attached hydrogen (secondary N) is 2. The molecule has 1 saturated heterocycles. The van der Waals surface area contributed by atoms with Gasteiger partial charge in [-0.15, -0.1) is 11.3 Å². The van der Waals surface area contributed by atoms with Crippen molar-refractivity contribution in [1.29, 1.82) is 0 Å². The maximum absolute atomic E-state index is 10.4. The van der Waals surface area contributed by atoms with Gasteiger partial charge >= 0.3 is 0 Å². The minimum absolute atomic E-state index is 0.0550. The van der Waals surface area contributed by atoms with Crippen LogP contribution in [0.15, 0.2) is 29.6 Å². The normalized spacial score (nSPS) is 27.1. The van der Waals surface area contributed by atoms with Crippen molar-refractivity contribution in [2.45, 2.75) is 43.9 Å². The molecule has 1 spiro atoms. The summed E-state index contributed by atoms with van der Waals surface area (Å²) in [5.41, 5.74) is -0.0992. The molecule has 0 saturated carbocycles. The van der Waals surface area contributed by atoms with Crippen LogP contribution < -0.4 is 15.4 Å². The molecule has 2 aliphatic rings. The highest BCUT2D eigenvalue weighted by Gasteiger charge is 2.49. The van der Waals surface area contributed by atoms with E-state index < -0.39 is 5.72 Å². The van der Waals surface area contributed by atoms with Crippen molar-refractivity contribution in [2.75, 3.05) is 0 Å². The first kappa shape index (κ1) is 16.5. The van der Waals surface area contributed by atoms with Crippen LogP contribution in [-0.2, 0) is 0 Å². The smallest absolute Gasteiger partial charge is 0.200 e. The van der Waals surface area contributed by atoms with Gasteiger partial charge < -0.3 is 25.6 Å². The zero-order valence-electron chi connectivity index (χ0n) is 14.0. The quantitative estimate of drug-likeness (QED) is 0.452. The molecule has 1 fully saturated rings. The summed E-state index contributed by atoms with van der Waals surface area (Å²) in [6.45, 7) is 4.15. The van der Waals surface area contributed by atoms with Crippen molar-refractivity contribution in [1.82, 2.24) is 10.6 Å². The van der Waals surface area contributed by atoms with Gasteiger partial charge in [0.2, 0.25) is 5.75 Å². The van der Waals surface area contributed by atoms with Gasteiger partial charge in [-0.05, 0) is 43.6 Å². The van der Waals surface area contributed by atoms with E-state index in [0.29, 0.717) is 23.7 Å². The Morgan fingerprint density at radius 3 is 2.72 bits per heavy atom. The molecular formula is C18H20N2O3S2. The molecule has 0 bridgehead atoms. The Bertz CT molecular complexity index is 835. The molecule has 0 aliphatic carbocycles.